The van der Waals surface area contributed by atoms with Crippen LogP contribution in [0.2, 0.25) is 0 Å². The van der Waals surface area contributed by atoms with Gasteiger partial charge < -0.3 is 10.6 Å². The maximum Gasteiger partial charge on any atom is 0.269 e. The first-order valence-corrected chi connectivity index (χ1v) is 12.1. The van der Waals surface area contributed by atoms with Crippen LogP contribution in [0.25, 0.3) is 0 Å². The number of rotatable bonds is 8. The molecule has 10 heteroatoms. The van der Waals surface area contributed by atoms with Gasteiger partial charge in [0.2, 0.25) is 11.1 Å². The Bertz CT molecular complexity index is 1250. The average Bonchev–Trinajstić information content (AvgIpc) is 3.20. The number of nitrogens with zero attached hydrogens (tertiary/aromatic N) is 4. The number of unbranched alkanes of at least 4 members (excludes halogenated alkanes) is 1. The molecule has 2 aromatic carbocycles. The molecule has 0 aliphatic carbocycles. The van der Waals surface area contributed by atoms with Gasteiger partial charge in [0.05, 0.1) is 10.5 Å². The van der Waals surface area contributed by atoms with Gasteiger partial charge in [-0.3, -0.25) is 14.9 Å². The second-order valence-corrected chi connectivity index (χ2v) is 9.17. The Morgan fingerprint density at radius 3 is 2.68 bits per heavy atom. The van der Waals surface area contributed by atoms with E-state index in [-0.39, 0.29) is 11.6 Å². The number of nitrogens with one attached hydrogen (secondary N) is 2. The first-order chi connectivity index (χ1) is 16.4. The molecule has 0 saturated heterocycles. The summed E-state index contributed by atoms with van der Waals surface area (Å²) in [7, 11) is 0. The van der Waals surface area contributed by atoms with Crippen LogP contribution in [0.1, 0.15) is 43.9 Å². The third-order valence-electron chi connectivity index (χ3n) is 5.50. The summed E-state index contributed by atoms with van der Waals surface area (Å²) in [6.07, 6.45) is 2.13. The Morgan fingerprint density at radius 2 is 2.00 bits per heavy atom. The number of carbonyl (C=O) groups is 1. The third kappa shape index (κ3) is 4.96. The largest absolute Gasteiger partial charge is 0.328 e. The van der Waals surface area contributed by atoms with Crippen molar-refractivity contribution < 1.29 is 9.72 Å². The zero-order valence-corrected chi connectivity index (χ0v) is 20.1. The smallest absolute Gasteiger partial charge is 0.269 e. The van der Waals surface area contributed by atoms with Crippen molar-refractivity contribution in [2.45, 2.75) is 44.8 Å². The summed E-state index contributed by atoms with van der Waals surface area (Å²) in [5, 5.41) is 22.7. The van der Waals surface area contributed by atoms with Crippen molar-refractivity contribution in [3.63, 3.8) is 0 Å². The predicted octanol–water partition coefficient (Wildman–Crippen LogP) is 5.31. The van der Waals surface area contributed by atoms with E-state index < -0.39 is 11.0 Å². The molecule has 0 fully saturated rings. The highest BCUT2D eigenvalue weighted by Crippen LogP contribution is 2.37. The minimum absolute atomic E-state index is 0.0150. The lowest BCUT2D eigenvalue weighted by molar-refractivity contribution is -0.384. The summed E-state index contributed by atoms with van der Waals surface area (Å²) in [5.74, 6) is 1.15. The molecule has 0 spiro atoms. The summed E-state index contributed by atoms with van der Waals surface area (Å²) in [6.45, 7) is 5.91. The number of aromatic nitrogens is 3. The second kappa shape index (κ2) is 10.1. The van der Waals surface area contributed by atoms with Crippen LogP contribution in [0, 0.1) is 17.0 Å². The summed E-state index contributed by atoms with van der Waals surface area (Å²) >= 11 is 1.57. The van der Waals surface area contributed by atoms with Crippen molar-refractivity contribution in [2.24, 2.45) is 0 Å². The number of benzene rings is 2. The van der Waals surface area contributed by atoms with Gasteiger partial charge in [0, 0.05) is 29.3 Å². The fourth-order valence-corrected chi connectivity index (χ4v) is 4.71. The maximum atomic E-state index is 13.5. The van der Waals surface area contributed by atoms with Crippen LogP contribution < -0.4 is 10.6 Å². The van der Waals surface area contributed by atoms with E-state index in [1.54, 1.807) is 28.6 Å². The Balaban J connectivity index is 1.74. The molecule has 1 aromatic heterocycles. The number of anilines is 2. The van der Waals surface area contributed by atoms with E-state index in [9.17, 15) is 14.9 Å². The Kier molecular flexibility index (Phi) is 6.97. The van der Waals surface area contributed by atoms with E-state index >= 15 is 0 Å². The zero-order valence-electron chi connectivity index (χ0n) is 19.2. The van der Waals surface area contributed by atoms with Crippen molar-refractivity contribution in [1.82, 2.24) is 14.8 Å². The van der Waals surface area contributed by atoms with E-state index in [1.807, 2.05) is 38.1 Å². The van der Waals surface area contributed by atoms with Gasteiger partial charge in [-0.1, -0.05) is 37.2 Å². The molecule has 0 radical (unpaired) electrons. The number of fused-ring (bicyclic) bond motifs is 1. The number of hydrogen-bond donors (Lipinski definition) is 2. The van der Waals surface area contributed by atoms with Gasteiger partial charge >= 0.3 is 0 Å². The molecule has 1 atom stereocenters. The van der Waals surface area contributed by atoms with Gasteiger partial charge in [0.1, 0.15) is 6.04 Å². The molecule has 176 valence electrons. The van der Waals surface area contributed by atoms with E-state index in [0.717, 1.165) is 24.2 Å². The minimum atomic E-state index is -0.588. The summed E-state index contributed by atoms with van der Waals surface area (Å²) in [5.41, 5.74) is 3.53. The molecule has 1 aliphatic heterocycles. The molecule has 9 nitrogen and oxygen atoms in total. The van der Waals surface area contributed by atoms with Crippen LogP contribution in [0.3, 0.4) is 0 Å². The van der Waals surface area contributed by atoms with Crippen LogP contribution in [-0.4, -0.2) is 31.3 Å². The number of allylic oxidation sites excluding steroid dienone is 1. The van der Waals surface area contributed by atoms with Crippen LogP contribution in [0.15, 0.2) is 65.0 Å². The van der Waals surface area contributed by atoms with Gasteiger partial charge in [-0.15, -0.1) is 5.10 Å². The molecule has 4 rings (SSSR count). The number of hydrogen-bond acceptors (Lipinski definition) is 7. The third-order valence-corrected chi connectivity index (χ3v) is 6.43. The van der Waals surface area contributed by atoms with E-state index in [4.69, 9.17) is 0 Å². The van der Waals surface area contributed by atoms with Gasteiger partial charge in [-0.05, 0) is 55.7 Å². The molecule has 1 aliphatic rings. The fraction of sp³-hybridized carbons (Fsp3) is 0.292. The van der Waals surface area contributed by atoms with E-state index in [0.29, 0.717) is 33.6 Å². The molecule has 34 heavy (non-hydrogen) atoms. The quantitative estimate of drug-likeness (QED) is 0.195. The Morgan fingerprint density at radius 1 is 1.24 bits per heavy atom. The number of amides is 1. The lowest BCUT2D eigenvalue weighted by Crippen LogP contribution is -2.31. The molecular weight excluding hydrogens is 452 g/mol. The molecule has 2 heterocycles. The second-order valence-electron chi connectivity index (χ2n) is 8.10. The number of non-ortho nitro benzene ring substituents is 1. The number of thioether (sulfide) groups is 1. The number of carbonyl (C=O) groups excluding carboxylic acids is 1. The summed E-state index contributed by atoms with van der Waals surface area (Å²) in [6, 6.07) is 13.2. The van der Waals surface area contributed by atoms with Crippen molar-refractivity contribution in [3.05, 3.63) is 81.0 Å². The van der Waals surface area contributed by atoms with Crippen molar-refractivity contribution in [1.29, 1.82) is 0 Å². The minimum Gasteiger partial charge on any atom is -0.328 e. The van der Waals surface area contributed by atoms with E-state index in [2.05, 4.69) is 27.6 Å². The first kappa shape index (κ1) is 23.5. The van der Waals surface area contributed by atoms with Crippen molar-refractivity contribution in [3.8, 4) is 0 Å². The number of nitro benzene ring substituents is 1. The van der Waals surface area contributed by atoms with Crippen molar-refractivity contribution in [2.75, 3.05) is 16.4 Å². The van der Waals surface area contributed by atoms with Crippen LogP contribution >= 0.6 is 11.8 Å². The number of aryl methyl sites for hydroxylation is 1. The lowest BCUT2D eigenvalue weighted by Gasteiger charge is -2.28. The number of nitro groups is 1. The summed E-state index contributed by atoms with van der Waals surface area (Å²) in [4.78, 5) is 28.8. The van der Waals surface area contributed by atoms with Gasteiger partial charge in [0.15, 0.2) is 0 Å². The molecule has 3 aromatic rings. The standard InChI is InChI=1S/C24H26N6O3S/c1-4-5-13-34-24-27-23-25-16(3)20(22(31)26-18-8-6-7-15(2)14-18)21(29(23)28-24)17-9-11-19(12-10-17)30(32)33/h6-12,14,21H,4-5,13H2,1-3H3,(H,26,31)(H,25,27,28). The maximum absolute atomic E-state index is 13.5. The topological polar surface area (TPSA) is 115 Å². The van der Waals surface area contributed by atoms with Gasteiger partial charge in [-0.25, -0.2) is 4.68 Å². The zero-order chi connectivity index (χ0) is 24.2. The van der Waals surface area contributed by atoms with Crippen molar-refractivity contribution >= 4 is 35.0 Å². The molecule has 1 unspecified atom stereocenters. The monoisotopic (exact) mass is 478 g/mol. The molecule has 0 saturated carbocycles. The van der Waals surface area contributed by atoms with Crippen LogP contribution in [0.4, 0.5) is 17.3 Å². The fourth-order valence-electron chi connectivity index (χ4n) is 3.80. The van der Waals surface area contributed by atoms with Gasteiger partial charge in [0.25, 0.3) is 11.6 Å². The Hall–Kier alpha value is -3.66. The van der Waals surface area contributed by atoms with Crippen LogP contribution in [0.5, 0.6) is 0 Å². The molecule has 1 amide bonds. The predicted molar refractivity (Wildman–Crippen MR) is 133 cm³/mol. The first-order valence-electron chi connectivity index (χ1n) is 11.1. The van der Waals surface area contributed by atoms with Gasteiger partial charge in [-0.2, -0.15) is 4.98 Å². The lowest BCUT2D eigenvalue weighted by atomic mass is 9.95. The van der Waals surface area contributed by atoms with E-state index in [1.165, 1.54) is 12.1 Å². The molecule has 2 N–H and O–H groups in total. The Labute approximate surface area is 201 Å². The highest BCUT2D eigenvalue weighted by Gasteiger charge is 2.34. The SMILES string of the molecule is CCCCSc1nc2n(n1)C(c1ccc([N+](=O)[O-])cc1)C(C(=O)Nc1cccc(C)c1)=C(C)N2. The molecule has 0 bridgehead atoms. The molecular formula is C24H26N6O3S. The highest BCUT2D eigenvalue weighted by molar-refractivity contribution is 7.99. The highest BCUT2D eigenvalue weighted by atomic mass is 32.2. The average molecular weight is 479 g/mol. The summed E-state index contributed by atoms with van der Waals surface area (Å²) < 4.78 is 1.69. The normalized spacial score (nSPS) is 15.0. The van der Waals surface area contributed by atoms with Crippen LogP contribution in [-0.2, 0) is 4.79 Å².